The Morgan fingerprint density at radius 2 is 2.07 bits per heavy atom. The normalized spacial score (nSPS) is 25.0. The Bertz CT molecular complexity index is 384. The third-order valence-corrected chi connectivity index (χ3v) is 3.49. The van der Waals surface area contributed by atoms with Crippen LogP contribution in [-0.4, -0.2) is 5.11 Å². The minimum Gasteiger partial charge on any atom is -0.388 e. The summed E-state index contributed by atoms with van der Waals surface area (Å²) in [5.74, 6) is 0.114. The van der Waals surface area contributed by atoms with Crippen LogP contribution in [0.3, 0.4) is 0 Å². The van der Waals surface area contributed by atoms with Gasteiger partial charge >= 0.3 is 0 Å². The van der Waals surface area contributed by atoms with Gasteiger partial charge < -0.3 is 5.11 Å². The molecule has 2 unspecified atom stereocenters. The third kappa shape index (κ3) is 1.91. The fourth-order valence-corrected chi connectivity index (χ4v) is 2.13. The minimum atomic E-state index is -0.445. The summed E-state index contributed by atoms with van der Waals surface area (Å²) >= 11 is 0. The van der Waals surface area contributed by atoms with Crippen molar-refractivity contribution >= 4 is 0 Å². The lowest BCUT2D eigenvalue weighted by atomic mass is 9.98. The summed E-state index contributed by atoms with van der Waals surface area (Å²) < 4.78 is 13.0. The van der Waals surface area contributed by atoms with Gasteiger partial charge in [-0.15, -0.1) is 0 Å². The monoisotopic (exact) mass is 208 g/mol. The van der Waals surface area contributed by atoms with Crippen LogP contribution in [0, 0.1) is 24.1 Å². The zero-order valence-corrected chi connectivity index (χ0v) is 9.42. The van der Waals surface area contributed by atoms with Gasteiger partial charge in [0.15, 0.2) is 0 Å². The summed E-state index contributed by atoms with van der Waals surface area (Å²) in [5, 5.41) is 10.1. The van der Waals surface area contributed by atoms with Gasteiger partial charge in [-0.2, -0.15) is 0 Å². The predicted molar refractivity (Wildman–Crippen MR) is 58.0 cm³/mol. The second-order valence-corrected chi connectivity index (χ2v) is 5.25. The number of halogens is 1. The standard InChI is InChI=1S/C13H17FO/c1-8-6-9(4-5-11(8)14)12(15)10-7-13(10,2)3/h4-6,10,12,15H,7H2,1-3H3. The molecule has 0 aliphatic heterocycles. The molecule has 0 spiro atoms. The molecular weight excluding hydrogens is 191 g/mol. The van der Waals surface area contributed by atoms with E-state index in [4.69, 9.17) is 0 Å². The first-order valence-electron chi connectivity index (χ1n) is 5.36. The van der Waals surface area contributed by atoms with Gasteiger partial charge in [-0.3, -0.25) is 0 Å². The van der Waals surface area contributed by atoms with E-state index in [0.29, 0.717) is 11.5 Å². The lowest BCUT2D eigenvalue weighted by molar-refractivity contribution is 0.138. The zero-order valence-electron chi connectivity index (χ0n) is 9.42. The van der Waals surface area contributed by atoms with E-state index in [1.807, 2.05) is 0 Å². The highest BCUT2D eigenvalue weighted by atomic mass is 19.1. The number of aryl methyl sites for hydroxylation is 1. The maximum atomic E-state index is 13.0. The summed E-state index contributed by atoms with van der Waals surface area (Å²) in [6.07, 6.45) is 0.601. The molecule has 1 aromatic carbocycles. The van der Waals surface area contributed by atoms with Crippen molar-refractivity contribution in [2.24, 2.45) is 11.3 Å². The number of rotatable bonds is 2. The van der Waals surface area contributed by atoms with Gasteiger partial charge in [-0.1, -0.05) is 26.0 Å². The van der Waals surface area contributed by atoms with E-state index in [-0.39, 0.29) is 11.2 Å². The summed E-state index contributed by atoms with van der Waals surface area (Å²) in [6, 6.07) is 4.86. The fraction of sp³-hybridized carbons (Fsp3) is 0.538. The number of aliphatic hydroxyl groups is 1. The first-order valence-corrected chi connectivity index (χ1v) is 5.36. The summed E-state index contributed by atoms with van der Waals surface area (Å²) in [6.45, 7) is 6.03. The van der Waals surface area contributed by atoms with Crippen LogP contribution in [0.15, 0.2) is 18.2 Å². The molecule has 1 aliphatic rings. The molecule has 1 fully saturated rings. The Morgan fingerprint density at radius 1 is 1.47 bits per heavy atom. The van der Waals surface area contributed by atoms with Crippen LogP contribution >= 0.6 is 0 Å². The Labute approximate surface area is 89.9 Å². The molecule has 1 aromatic rings. The summed E-state index contributed by atoms with van der Waals surface area (Å²) in [5.41, 5.74) is 1.68. The summed E-state index contributed by atoms with van der Waals surface area (Å²) in [7, 11) is 0. The maximum Gasteiger partial charge on any atom is 0.126 e. The van der Waals surface area contributed by atoms with E-state index in [0.717, 1.165) is 12.0 Å². The molecule has 0 aromatic heterocycles. The van der Waals surface area contributed by atoms with Crippen LogP contribution in [0.2, 0.25) is 0 Å². The largest absolute Gasteiger partial charge is 0.388 e. The molecule has 2 rings (SSSR count). The van der Waals surface area contributed by atoms with E-state index in [2.05, 4.69) is 13.8 Å². The average Bonchev–Trinajstić information content (AvgIpc) is 2.79. The Kier molecular flexibility index (Phi) is 2.34. The predicted octanol–water partition coefficient (Wildman–Crippen LogP) is 3.21. The van der Waals surface area contributed by atoms with Crippen molar-refractivity contribution in [3.05, 3.63) is 35.1 Å². The van der Waals surface area contributed by atoms with Gasteiger partial charge in [0.2, 0.25) is 0 Å². The molecule has 0 bridgehead atoms. The van der Waals surface area contributed by atoms with Crippen molar-refractivity contribution in [3.63, 3.8) is 0 Å². The lowest BCUT2D eigenvalue weighted by Crippen LogP contribution is -2.05. The van der Waals surface area contributed by atoms with Gasteiger partial charge in [0.05, 0.1) is 6.10 Å². The van der Waals surface area contributed by atoms with Gasteiger partial charge in [0, 0.05) is 0 Å². The van der Waals surface area contributed by atoms with Crippen molar-refractivity contribution < 1.29 is 9.50 Å². The fourth-order valence-electron chi connectivity index (χ4n) is 2.13. The van der Waals surface area contributed by atoms with E-state index in [1.54, 1.807) is 19.1 Å². The third-order valence-electron chi connectivity index (χ3n) is 3.49. The molecular formula is C13H17FO. The van der Waals surface area contributed by atoms with Crippen LogP contribution in [0.4, 0.5) is 4.39 Å². The molecule has 15 heavy (non-hydrogen) atoms. The average molecular weight is 208 g/mol. The first-order chi connectivity index (χ1) is 6.92. The first kappa shape index (κ1) is 10.6. The van der Waals surface area contributed by atoms with Crippen LogP contribution in [0.1, 0.15) is 37.5 Å². The van der Waals surface area contributed by atoms with Crippen molar-refractivity contribution in [1.82, 2.24) is 0 Å². The number of aliphatic hydroxyl groups excluding tert-OH is 1. The van der Waals surface area contributed by atoms with Gasteiger partial charge in [-0.05, 0) is 41.9 Å². The Balaban J connectivity index is 2.20. The second-order valence-electron chi connectivity index (χ2n) is 5.25. The molecule has 0 radical (unpaired) electrons. The minimum absolute atomic E-state index is 0.207. The highest BCUT2D eigenvalue weighted by Crippen LogP contribution is 2.57. The molecule has 1 N–H and O–H groups in total. The number of benzene rings is 1. The topological polar surface area (TPSA) is 20.2 Å². The van der Waals surface area contributed by atoms with Gasteiger partial charge in [-0.25, -0.2) is 4.39 Å². The number of hydrogen-bond donors (Lipinski definition) is 1. The Morgan fingerprint density at radius 3 is 2.53 bits per heavy atom. The van der Waals surface area contributed by atoms with Crippen LogP contribution < -0.4 is 0 Å². The molecule has 0 heterocycles. The van der Waals surface area contributed by atoms with Crippen molar-refractivity contribution in [1.29, 1.82) is 0 Å². The molecule has 2 atom stereocenters. The molecule has 1 saturated carbocycles. The van der Waals surface area contributed by atoms with Crippen LogP contribution in [0.25, 0.3) is 0 Å². The molecule has 0 saturated heterocycles. The van der Waals surface area contributed by atoms with Gasteiger partial charge in [0.25, 0.3) is 0 Å². The highest BCUT2D eigenvalue weighted by molar-refractivity contribution is 5.27. The van der Waals surface area contributed by atoms with E-state index < -0.39 is 6.10 Å². The second kappa shape index (κ2) is 3.31. The molecule has 82 valence electrons. The maximum absolute atomic E-state index is 13.0. The molecule has 1 aliphatic carbocycles. The SMILES string of the molecule is Cc1cc(C(O)C2CC2(C)C)ccc1F. The molecule has 1 nitrogen and oxygen atoms in total. The Hall–Kier alpha value is -0.890. The smallest absolute Gasteiger partial charge is 0.126 e. The number of hydrogen-bond acceptors (Lipinski definition) is 1. The van der Waals surface area contributed by atoms with E-state index >= 15 is 0 Å². The highest BCUT2D eigenvalue weighted by Gasteiger charge is 2.50. The van der Waals surface area contributed by atoms with E-state index in [9.17, 15) is 9.50 Å². The van der Waals surface area contributed by atoms with Crippen LogP contribution in [-0.2, 0) is 0 Å². The van der Waals surface area contributed by atoms with Crippen molar-refractivity contribution in [2.45, 2.75) is 33.3 Å². The molecule has 0 amide bonds. The van der Waals surface area contributed by atoms with Crippen molar-refractivity contribution in [3.8, 4) is 0 Å². The zero-order chi connectivity index (χ0) is 11.2. The quantitative estimate of drug-likeness (QED) is 0.791. The van der Waals surface area contributed by atoms with E-state index in [1.165, 1.54) is 6.07 Å². The molecule has 2 heteroatoms. The van der Waals surface area contributed by atoms with Crippen LogP contribution in [0.5, 0.6) is 0 Å². The van der Waals surface area contributed by atoms with Gasteiger partial charge in [0.1, 0.15) is 5.82 Å². The summed E-state index contributed by atoms with van der Waals surface area (Å²) in [4.78, 5) is 0. The lowest BCUT2D eigenvalue weighted by Gasteiger charge is -2.13. The van der Waals surface area contributed by atoms with Crippen molar-refractivity contribution in [2.75, 3.05) is 0 Å².